The second kappa shape index (κ2) is 5.58. The zero-order valence-electron chi connectivity index (χ0n) is 12.3. The highest BCUT2D eigenvalue weighted by Gasteiger charge is 2.12. The van der Waals surface area contributed by atoms with Gasteiger partial charge in [0, 0.05) is 22.1 Å². The van der Waals surface area contributed by atoms with E-state index in [-0.39, 0.29) is 0 Å². The first-order valence-corrected chi connectivity index (χ1v) is 7.97. The van der Waals surface area contributed by atoms with E-state index in [1.54, 1.807) is 0 Å². The first kappa shape index (κ1) is 14.1. The molecule has 0 saturated carbocycles. The van der Waals surface area contributed by atoms with Gasteiger partial charge in [-0.05, 0) is 49.4 Å². The van der Waals surface area contributed by atoms with Crippen LogP contribution in [0, 0.1) is 0 Å². The Morgan fingerprint density at radius 2 is 1.87 bits per heavy atom. The molecule has 4 rings (SSSR count). The average Bonchev–Trinajstić information content (AvgIpc) is 3.21. The van der Waals surface area contributed by atoms with Crippen molar-refractivity contribution in [1.82, 2.24) is 25.1 Å². The van der Waals surface area contributed by atoms with E-state index in [1.165, 1.54) is 0 Å². The van der Waals surface area contributed by atoms with Crippen LogP contribution < -0.4 is 0 Å². The van der Waals surface area contributed by atoms with Crippen LogP contribution >= 0.6 is 15.9 Å². The number of aryl methyl sites for hydroxylation is 1. The molecule has 2 aromatic carbocycles. The van der Waals surface area contributed by atoms with Crippen molar-refractivity contribution in [3.05, 3.63) is 46.9 Å². The van der Waals surface area contributed by atoms with Crippen molar-refractivity contribution >= 4 is 27.0 Å². The number of fused-ring (bicyclic) bond motifs is 1. The molecule has 7 heteroatoms. The van der Waals surface area contributed by atoms with Crippen LogP contribution in [-0.2, 0) is 6.54 Å². The van der Waals surface area contributed by atoms with Gasteiger partial charge in [-0.15, -0.1) is 5.10 Å². The lowest BCUT2D eigenvalue weighted by Gasteiger charge is -1.97. The minimum atomic E-state index is 0.491. The lowest BCUT2D eigenvalue weighted by molar-refractivity contribution is 0.432. The molecule has 23 heavy (non-hydrogen) atoms. The summed E-state index contributed by atoms with van der Waals surface area (Å²) < 4.78 is 8.22. The summed E-state index contributed by atoms with van der Waals surface area (Å²) in [5.74, 6) is 1.03. The lowest BCUT2D eigenvalue weighted by Crippen LogP contribution is -1.95. The summed E-state index contributed by atoms with van der Waals surface area (Å²) in [4.78, 5) is 4.47. The molecule has 0 aliphatic carbocycles. The Morgan fingerprint density at radius 3 is 2.65 bits per heavy atom. The quantitative estimate of drug-likeness (QED) is 0.547. The Labute approximate surface area is 140 Å². The van der Waals surface area contributed by atoms with Gasteiger partial charge < -0.3 is 4.52 Å². The van der Waals surface area contributed by atoms with E-state index in [0.29, 0.717) is 11.7 Å². The molecule has 0 unspecified atom stereocenters. The second-order valence-electron chi connectivity index (χ2n) is 5.04. The summed E-state index contributed by atoms with van der Waals surface area (Å²) in [6.07, 6.45) is 0. The lowest BCUT2D eigenvalue weighted by atomic mass is 10.2. The van der Waals surface area contributed by atoms with Gasteiger partial charge in [0.2, 0.25) is 5.82 Å². The van der Waals surface area contributed by atoms with Crippen LogP contribution in [0.5, 0.6) is 0 Å². The molecule has 0 spiro atoms. The monoisotopic (exact) mass is 369 g/mol. The van der Waals surface area contributed by atoms with E-state index in [1.807, 2.05) is 54.1 Å². The summed E-state index contributed by atoms with van der Waals surface area (Å²) in [5, 5.41) is 12.3. The molecule has 2 heterocycles. The van der Waals surface area contributed by atoms with Crippen molar-refractivity contribution in [3.8, 4) is 22.8 Å². The molecule has 0 bridgehead atoms. The predicted octanol–water partition coefficient (Wildman–Crippen LogP) is 3.93. The van der Waals surface area contributed by atoms with Crippen LogP contribution in [0.15, 0.2) is 51.5 Å². The molecule has 6 nitrogen and oxygen atoms in total. The van der Waals surface area contributed by atoms with Crippen molar-refractivity contribution in [2.24, 2.45) is 0 Å². The largest absolute Gasteiger partial charge is 0.334 e. The Balaban J connectivity index is 1.72. The van der Waals surface area contributed by atoms with Crippen LogP contribution in [0.4, 0.5) is 0 Å². The predicted molar refractivity (Wildman–Crippen MR) is 89.6 cm³/mol. The van der Waals surface area contributed by atoms with Crippen molar-refractivity contribution < 1.29 is 4.52 Å². The molecule has 0 radical (unpaired) electrons. The molecule has 114 valence electrons. The number of rotatable bonds is 3. The van der Waals surface area contributed by atoms with E-state index < -0.39 is 0 Å². The van der Waals surface area contributed by atoms with E-state index >= 15 is 0 Å². The van der Waals surface area contributed by atoms with Crippen molar-refractivity contribution in [1.29, 1.82) is 0 Å². The first-order valence-electron chi connectivity index (χ1n) is 7.18. The Bertz CT molecular complexity index is 974. The van der Waals surface area contributed by atoms with Crippen LogP contribution in [0.1, 0.15) is 6.92 Å². The van der Waals surface area contributed by atoms with Crippen molar-refractivity contribution in [2.45, 2.75) is 13.5 Å². The number of hydrogen-bond donors (Lipinski definition) is 0. The Hall–Kier alpha value is -2.54. The van der Waals surface area contributed by atoms with Gasteiger partial charge in [0.05, 0.1) is 5.52 Å². The minimum Gasteiger partial charge on any atom is -0.334 e. The maximum Gasteiger partial charge on any atom is 0.258 e. The topological polar surface area (TPSA) is 69.6 Å². The SMILES string of the molecule is CCn1nnc2cc(-c3noc(-c4ccc(Br)cc4)n3)ccc21. The summed E-state index contributed by atoms with van der Waals surface area (Å²) >= 11 is 3.41. The van der Waals surface area contributed by atoms with E-state index in [4.69, 9.17) is 4.52 Å². The average molecular weight is 370 g/mol. The van der Waals surface area contributed by atoms with E-state index in [9.17, 15) is 0 Å². The van der Waals surface area contributed by atoms with Gasteiger partial charge in [0.1, 0.15) is 5.52 Å². The first-order chi connectivity index (χ1) is 11.2. The standard InChI is InChI=1S/C16H12BrN5O/c1-2-22-14-8-5-11(9-13(14)19-21-22)15-18-16(23-20-15)10-3-6-12(17)7-4-10/h3-9H,2H2,1H3. The fourth-order valence-corrected chi connectivity index (χ4v) is 2.66. The normalized spacial score (nSPS) is 11.2. The molecule has 0 N–H and O–H groups in total. The van der Waals surface area contributed by atoms with Gasteiger partial charge >= 0.3 is 0 Å². The minimum absolute atomic E-state index is 0.491. The Kier molecular flexibility index (Phi) is 3.42. The molecule has 2 aromatic heterocycles. The third-order valence-corrected chi connectivity index (χ3v) is 4.12. The number of nitrogens with zero attached hydrogens (tertiary/aromatic N) is 5. The molecule has 0 aliphatic rings. The summed E-state index contributed by atoms with van der Waals surface area (Å²) in [7, 11) is 0. The molecule has 0 aliphatic heterocycles. The van der Waals surface area contributed by atoms with Crippen LogP contribution in [0.25, 0.3) is 33.9 Å². The van der Waals surface area contributed by atoms with E-state index in [2.05, 4.69) is 36.4 Å². The van der Waals surface area contributed by atoms with Gasteiger partial charge in [0.15, 0.2) is 0 Å². The van der Waals surface area contributed by atoms with E-state index in [0.717, 1.165) is 33.2 Å². The van der Waals surface area contributed by atoms with Crippen LogP contribution in [0.3, 0.4) is 0 Å². The molecule has 0 atom stereocenters. The van der Waals surface area contributed by atoms with Crippen LogP contribution in [-0.4, -0.2) is 25.1 Å². The molecule has 0 saturated heterocycles. The maximum atomic E-state index is 5.37. The molecular weight excluding hydrogens is 358 g/mol. The molecular formula is C16H12BrN5O. The zero-order chi connectivity index (χ0) is 15.8. The number of benzene rings is 2. The maximum absolute atomic E-state index is 5.37. The van der Waals surface area contributed by atoms with Gasteiger partial charge in [-0.2, -0.15) is 4.98 Å². The number of halogens is 1. The Morgan fingerprint density at radius 1 is 1.09 bits per heavy atom. The highest BCUT2D eigenvalue weighted by Crippen LogP contribution is 2.25. The highest BCUT2D eigenvalue weighted by atomic mass is 79.9. The van der Waals surface area contributed by atoms with Gasteiger partial charge in [-0.1, -0.05) is 26.3 Å². The molecule has 0 fully saturated rings. The van der Waals surface area contributed by atoms with Crippen LogP contribution in [0.2, 0.25) is 0 Å². The highest BCUT2D eigenvalue weighted by molar-refractivity contribution is 9.10. The van der Waals surface area contributed by atoms with Gasteiger partial charge in [-0.3, -0.25) is 0 Å². The zero-order valence-corrected chi connectivity index (χ0v) is 13.9. The molecule has 0 amide bonds. The van der Waals surface area contributed by atoms with Crippen molar-refractivity contribution in [3.63, 3.8) is 0 Å². The summed E-state index contributed by atoms with van der Waals surface area (Å²) in [6, 6.07) is 13.6. The fourth-order valence-electron chi connectivity index (χ4n) is 2.40. The summed E-state index contributed by atoms with van der Waals surface area (Å²) in [5.41, 5.74) is 3.55. The fraction of sp³-hybridized carbons (Fsp3) is 0.125. The summed E-state index contributed by atoms with van der Waals surface area (Å²) in [6.45, 7) is 2.82. The smallest absolute Gasteiger partial charge is 0.258 e. The van der Waals surface area contributed by atoms with Gasteiger partial charge in [0.25, 0.3) is 5.89 Å². The second-order valence-corrected chi connectivity index (χ2v) is 5.95. The number of hydrogen-bond acceptors (Lipinski definition) is 5. The van der Waals surface area contributed by atoms with Gasteiger partial charge in [-0.25, -0.2) is 4.68 Å². The molecule has 4 aromatic rings. The third-order valence-electron chi connectivity index (χ3n) is 3.59. The van der Waals surface area contributed by atoms with Crippen molar-refractivity contribution in [2.75, 3.05) is 0 Å². The third kappa shape index (κ3) is 2.53. The number of aromatic nitrogens is 5.